The fourth-order valence-corrected chi connectivity index (χ4v) is 8.56. The van der Waals surface area contributed by atoms with Crippen molar-refractivity contribution in [1.82, 2.24) is 0 Å². The first kappa shape index (κ1) is 28.2. The molecule has 0 aromatic heterocycles. The molecule has 0 atom stereocenters. The lowest BCUT2D eigenvalue weighted by atomic mass is 9.83. The van der Waals surface area contributed by atoms with Crippen LogP contribution in [0.2, 0.25) is 0 Å². The topological polar surface area (TPSA) is 9.23 Å². The Labute approximate surface area is 295 Å². The number of ether oxygens (including phenoxy) is 1. The standard InChI is InChI=1S/C50H30O/c1-2-14-36-35(11-1)30-45(38-16-4-3-15-37(36)38)50-41-19-7-5-17-39(41)48(40-18-6-8-20-42(40)50)33-25-23-31(24-26-33)34-27-28-46-44(29-34)43-21-9-12-32-13-10-22-47(51-46)49(32)43/h1-30H. The van der Waals surface area contributed by atoms with E-state index in [4.69, 9.17) is 4.74 Å². The number of hydrogen-bond acceptors (Lipinski definition) is 1. The molecule has 1 heteroatoms. The minimum absolute atomic E-state index is 0.902. The highest BCUT2D eigenvalue weighted by atomic mass is 16.5. The molecule has 0 aliphatic carbocycles. The van der Waals surface area contributed by atoms with Crippen molar-refractivity contribution >= 4 is 53.9 Å². The molecule has 0 N–H and O–H groups in total. The molecule has 0 saturated carbocycles. The fraction of sp³-hybridized carbons (Fsp3) is 0. The highest BCUT2D eigenvalue weighted by molar-refractivity contribution is 6.25. The quantitative estimate of drug-likeness (QED) is 0.137. The van der Waals surface area contributed by atoms with Crippen LogP contribution in [0.5, 0.6) is 11.5 Å². The van der Waals surface area contributed by atoms with E-state index < -0.39 is 0 Å². The van der Waals surface area contributed by atoms with Gasteiger partial charge in [0.05, 0.1) is 0 Å². The zero-order chi connectivity index (χ0) is 33.5. The molecule has 0 spiro atoms. The van der Waals surface area contributed by atoms with E-state index in [2.05, 4.69) is 182 Å². The molecule has 236 valence electrons. The van der Waals surface area contributed by atoms with E-state index in [0.717, 1.165) is 17.1 Å². The smallest absolute Gasteiger partial charge is 0.135 e. The molecule has 1 nitrogen and oxygen atoms in total. The predicted molar refractivity (Wildman–Crippen MR) is 216 cm³/mol. The monoisotopic (exact) mass is 646 g/mol. The summed E-state index contributed by atoms with van der Waals surface area (Å²) in [4.78, 5) is 0. The fourth-order valence-electron chi connectivity index (χ4n) is 8.56. The number of benzene rings is 10. The van der Waals surface area contributed by atoms with Crippen molar-refractivity contribution in [2.24, 2.45) is 0 Å². The van der Waals surface area contributed by atoms with Gasteiger partial charge in [-0.15, -0.1) is 0 Å². The van der Waals surface area contributed by atoms with Crippen LogP contribution < -0.4 is 4.74 Å². The van der Waals surface area contributed by atoms with Crippen LogP contribution in [0, 0.1) is 0 Å². The van der Waals surface area contributed by atoms with Gasteiger partial charge in [-0.25, -0.2) is 0 Å². The zero-order valence-corrected chi connectivity index (χ0v) is 27.7. The lowest BCUT2D eigenvalue weighted by Crippen LogP contribution is -1.97. The Morgan fingerprint density at radius 3 is 1.55 bits per heavy atom. The van der Waals surface area contributed by atoms with Gasteiger partial charge >= 0.3 is 0 Å². The molecule has 1 heterocycles. The molecule has 1 aliphatic heterocycles. The molecule has 11 rings (SSSR count). The molecule has 51 heavy (non-hydrogen) atoms. The Kier molecular flexibility index (Phi) is 6.02. The summed E-state index contributed by atoms with van der Waals surface area (Å²) in [6, 6.07) is 66.3. The first-order valence-electron chi connectivity index (χ1n) is 17.6. The average Bonchev–Trinajstić information content (AvgIpc) is 3.20. The summed E-state index contributed by atoms with van der Waals surface area (Å²) in [5.74, 6) is 1.82. The Balaban J connectivity index is 1.09. The van der Waals surface area contributed by atoms with Crippen LogP contribution in [0.4, 0.5) is 0 Å². The van der Waals surface area contributed by atoms with Gasteiger partial charge in [0.15, 0.2) is 0 Å². The molecule has 10 aromatic rings. The Morgan fingerprint density at radius 1 is 0.275 bits per heavy atom. The molecular formula is C50H30O. The van der Waals surface area contributed by atoms with Crippen molar-refractivity contribution in [3.8, 4) is 56.0 Å². The van der Waals surface area contributed by atoms with Gasteiger partial charge in [-0.2, -0.15) is 0 Å². The summed E-state index contributed by atoms with van der Waals surface area (Å²) < 4.78 is 6.39. The maximum absolute atomic E-state index is 6.39. The van der Waals surface area contributed by atoms with E-state index >= 15 is 0 Å². The van der Waals surface area contributed by atoms with Crippen molar-refractivity contribution in [1.29, 1.82) is 0 Å². The van der Waals surface area contributed by atoms with Gasteiger partial charge in [-0.1, -0.05) is 158 Å². The van der Waals surface area contributed by atoms with Crippen LogP contribution in [-0.2, 0) is 0 Å². The average molecular weight is 647 g/mol. The summed E-state index contributed by atoms with van der Waals surface area (Å²) >= 11 is 0. The van der Waals surface area contributed by atoms with E-state index in [9.17, 15) is 0 Å². The number of fused-ring (bicyclic) bond motifs is 7. The maximum Gasteiger partial charge on any atom is 0.135 e. The molecule has 0 saturated heterocycles. The van der Waals surface area contributed by atoms with E-state index in [0.29, 0.717) is 0 Å². The van der Waals surface area contributed by atoms with Crippen LogP contribution >= 0.6 is 0 Å². The van der Waals surface area contributed by atoms with Gasteiger partial charge in [-0.3, -0.25) is 0 Å². The van der Waals surface area contributed by atoms with Crippen molar-refractivity contribution in [3.05, 3.63) is 182 Å². The highest BCUT2D eigenvalue weighted by Gasteiger charge is 2.21. The normalized spacial score (nSPS) is 12.1. The third-order valence-corrected chi connectivity index (χ3v) is 10.8. The third kappa shape index (κ3) is 4.22. The van der Waals surface area contributed by atoms with Crippen molar-refractivity contribution in [3.63, 3.8) is 0 Å². The van der Waals surface area contributed by atoms with Crippen LogP contribution in [0.25, 0.3) is 98.4 Å². The number of hydrogen-bond donors (Lipinski definition) is 0. The SMILES string of the molecule is c1cc2c3c(cccc3c1)-c1cc(-c3ccc(-c4c5ccccc5c(-c5cc6ccccc6c6ccccc56)c5ccccc45)cc3)ccc1O2. The summed E-state index contributed by atoms with van der Waals surface area (Å²) in [5, 5.41) is 12.5. The van der Waals surface area contributed by atoms with Crippen LogP contribution in [0.15, 0.2) is 182 Å². The molecular weight excluding hydrogens is 617 g/mol. The predicted octanol–water partition coefficient (Wildman–Crippen LogP) is 14.2. The Morgan fingerprint density at radius 2 is 0.824 bits per heavy atom. The third-order valence-electron chi connectivity index (χ3n) is 10.8. The minimum Gasteiger partial charge on any atom is -0.456 e. The van der Waals surface area contributed by atoms with Crippen LogP contribution in [-0.4, -0.2) is 0 Å². The summed E-state index contributed by atoms with van der Waals surface area (Å²) in [5.41, 5.74) is 9.75. The van der Waals surface area contributed by atoms with Gasteiger partial charge in [0, 0.05) is 10.9 Å². The molecule has 0 radical (unpaired) electrons. The van der Waals surface area contributed by atoms with Gasteiger partial charge < -0.3 is 4.74 Å². The van der Waals surface area contributed by atoms with Gasteiger partial charge in [0.2, 0.25) is 0 Å². The van der Waals surface area contributed by atoms with Gasteiger partial charge in [0.25, 0.3) is 0 Å². The lowest BCUT2D eigenvalue weighted by Gasteiger charge is -2.22. The molecule has 0 fully saturated rings. The zero-order valence-electron chi connectivity index (χ0n) is 27.7. The van der Waals surface area contributed by atoms with Crippen molar-refractivity contribution in [2.75, 3.05) is 0 Å². The Hall–Kier alpha value is -6.70. The van der Waals surface area contributed by atoms with E-state index in [-0.39, 0.29) is 0 Å². The van der Waals surface area contributed by atoms with Crippen molar-refractivity contribution in [2.45, 2.75) is 0 Å². The number of rotatable bonds is 3. The van der Waals surface area contributed by atoms with E-state index in [1.54, 1.807) is 0 Å². The molecule has 0 bridgehead atoms. The second kappa shape index (κ2) is 10.9. The second-order valence-corrected chi connectivity index (χ2v) is 13.6. The molecule has 10 aromatic carbocycles. The Bertz CT molecular complexity index is 2980. The minimum atomic E-state index is 0.902. The van der Waals surface area contributed by atoms with E-state index in [1.807, 2.05) is 0 Å². The van der Waals surface area contributed by atoms with Crippen LogP contribution in [0.3, 0.4) is 0 Å². The molecule has 0 amide bonds. The van der Waals surface area contributed by atoms with E-state index in [1.165, 1.54) is 92.8 Å². The molecule has 0 unspecified atom stereocenters. The maximum atomic E-state index is 6.39. The first-order chi connectivity index (χ1) is 25.3. The van der Waals surface area contributed by atoms with Gasteiger partial charge in [0.1, 0.15) is 11.5 Å². The molecule has 1 aliphatic rings. The summed E-state index contributed by atoms with van der Waals surface area (Å²) in [6.07, 6.45) is 0. The van der Waals surface area contributed by atoms with Crippen molar-refractivity contribution < 1.29 is 4.74 Å². The summed E-state index contributed by atoms with van der Waals surface area (Å²) in [6.45, 7) is 0. The van der Waals surface area contributed by atoms with Gasteiger partial charge in [-0.05, 0) is 112 Å². The summed E-state index contributed by atoms with van der Waals surface area (Å²) in [7, 11) is 0. The highest BCUT2D eigenvalue weighted by Crippen LogP contribution is 2.49. The van der Waals surface area contributed by atoms with Crippen LogP contribution in [0.1, 0.15) is 0 Å². The second-order valence-electron chi connectivity index (χ2n) is 13.6. The lowest BCUT2D eigenvalue weighted by molar-refractivity contribution is 0.487. The largest absolute Gasteiger partial charge is 0.456 e. The first-order valence-corrected chi connectivity index (χ1v) is 17.6.